The van der Waals surface area contributed by atoms with Gasteiger partial charge >= 0.3 is 0 Å². The van der Waals surface area contributed by atoms with E-state index in [9.17, 15) is 5.11 Å². The standard InChI is InChI=1S/C11H12I2O2/c1-15-10-4-2-8(3-5-10)11(14)6-9(13)7-12/h2-6,11,14H,7H2,1H3/b9-6-. The Bertz CT molecular complexity index is 333. The molecule has 0 saturated carbocycles. The molecule has 0 saturated heterocycles. The van der Waals surface area contributed by atoms with Crippen molar-refractivity contribution >= 4 is 45.2 Å². The molecule has 0 amide bonds. The highest BCUT2D eigenvalue weighted by Crippen LogP contribution is 2.22. The fourth-order valence-corrected chi connectivity index (χ4v) is 1.71. The maximum Gasteiger partial charge on any atom is 0.118 e. The van der Waals surface area contributed by atoms with Gasteiger partial charge in [-0.25, -0.2) is 0 Å². The van der Waals surface area contributed by atoms with Crippen molar-refractivity contribution in [1.29, 1.82) is 0 Å². The van der Waals surface area contributed by atoms with Crippen LogP contribution in [-0.4, -0.2) is 16.6 Å². The molecule has 1 atom stereocenters. The molecule has 1 aromatic rings. The van der Waals surface area contributed by atoms with Crippen molar-refractivity contribution in [1.82, 2.24) is 0 Å². The summed E-state index contributed by atoms with van der Waals surface area (Å²) in [5, 5.41) is 9.86. The van der Waals surface area contributed by atoms with Crippen LogP contribution in [0.15, 0.2) is 33.9 Å². The summed E-state index contributed by atoms with van der Waals surface area (Å²) in [6, 6.07) is 7.45. The second kappa shape index (κ2) is 6.70. The first kappa shape index (κ1) is 13.2. The molecule has 0 aliphatic rings. The van der Waals surface area contributed by atoms with Crippen molar-refractivity contribution < 1.29 is 9.84 Å². The largest absolute Gasteiger partial charge is 0.497 e. The average molecular weight is 430 g/mol. The predicted octanol–water partition coefficient (Wildman–Crippen LogP) is 3.48. The van der Waals surface area contributed by atoms with Gasteiger partial charge in [-0.2, -0.15) is 0 Å². The van der Waals surface area contributed by atoms with Crippen LogP contribution in [-0.2, 0) is 0 Å². The molecule has 1 N–H and O–H groups in total. The zero-order valence-electron chi connectivity index (χ0n) is 8.28. The molecule has 1 unspecified atom stereocenters. The second-order valence-electron chi connectivity index (χ2n) is 2.97. The van der Waals surface area contributed by atoms with Crippen LogP contribution in [0.4, 0.5) is 0 Å². The fourth-order valence-electron chi connectivity index (χ4n) is 1.11. The van der Waals surface area contributed by atoms with E-state index in [0.29, 0.717) is 0 Å². The van der Waals surface area contributed by atoms with E-state index < -0.39 is 6.10 Å². The molecule has 0 heterocycles. The Labute approximate surface area is 117 Å². The lowest BCUT2D eigenvalue weighted by molar-refractivity contribution is 0.228. The summed E-state index contributed by atoms with van der Waals surface area (Å²) < 4.78 is 7.12. The normalized spacial score (nSPS) is 13.7. The Balaban J connectivity index is 2.78. The zero-order chi connectivity index (χ0) is 11.3. The van der Waals surface area contributed by atoms with Crippen molar-refractivity contribution in [2.45, 2.75) is 6.10 Å². The van der Waals surface area contributed by atoms with Crippen molar-refractivity contribution in [3.05, 3.63) is 39.5 Å². The van der Waals surface area contributed by atoms with Crippen LogP contribution in [0.1, 0.15) is 11.7 Å². The highest BCUT2D eigenvalue weighted by atomic mass is 127. The minimum Gasteiger partial charge on any atom is -0.497 e. The number of hydrogen-bond acceptors (Lipinski definition) is 2. The number of halogens is 2. The smallest absolute Gasteiger partial charge is 0.118 e. The summed E-state index contributed by atoms with van der Waals surface area (Å²) in [4.78, 5) is 0. The molecule has 0 fully saturated rings. The zero-order valence-corrected chi connectivity index (χ0v) is 12.6. The van der Waals surface area contributed by atoms with E-state index in [1.165, 1.54) is 0 Å². The number of allylic oxidation sites excluding steroid dienone is 1. The summed E-state index contributed by atoms with van der Waals surface area (Å²) in [6.45, 7) is 0. The third-order valence-electron chi connectivity index (χ3n) is 1.92. The van der Waals surface area contributed by atoms with Crippen molar-refractivity contribution in [3.63, 3.8) is 0 Å². The van der Waals surface area contributed by atoms with Gasteiger partial charge in [0.2, 0.25) is 0 Å². The van der Waals surface area contributed by atoms with Gasteiger partial charge in [-0.05, 0) is 49.9 Å². The van der Waals surface area contributed by atoms with Crippen molar-refractivity contribution in [2.24, 2.45) is 0 Å². The number of aliphatic hydroxyl groups excluding tert-OH is 1. The molecule has 4 heteroatoms. The first-order valence-corrected chi connectivity index (χ1v) is 7.02. The summed E-state index contributed by atoms with van der Waals surface area (Å²) >= 11 is 4.50. The summed E-state index contributed by atoms with van der Waals surface area (Å²) in [7, 11) is 1.63. The van der Waals surface area contributed by atoms with E-state index in [4.69, 9.17) is 4.74 Å². The molecule has 0 aromatic heterocycles. The first-order chi connectivity index (χ1) is 7.17. The molecule has 0 aliphatic carbocycles. The highest BCUT2D eigenvalue weighted by molar-refractivity contribution is 14.1. The van der Waals surface area contributed by atoms with Gasteiger partial charge in [-0.1, -0.05) is 34.7 Å². The van der Waals surface area contributed by atoms with Crippen LogP contribution in [0.5, 0.6) is 5.75 Å². The second-order valence-corrected chi connectivity index (χ2v) is 5.11. The van der Waals surface area contributed by atoms with Gasteiger partial charge in [0.25, 0.3) is 0 Å². The molecule has 1 rings (SSSR count). The molecular formula is C11H12I2O2. The predicted molar refractivity (Wildman–Crippen MR) is 78.9 cm³/mol. The molecule has 2 nitrogen and oxygen atoms in total. The number of methoxy groups -OCH3 is 1. The molecule has 0 bridgehead atoms. The third kappa shape index (κ3) is 4.28. The van der Waals surface area contributed by atoms with Gasteiger partial charge in [0, 0.05) is 4.43 Å². The van der Waals surface area contributed by atoms with Crippen LogP contribution in [0.25, 0.3) is 0 Å². The molecule has 15 heavy (non-hydrogen) atoms. The van der Waals surface area contributed by atoms with E-state index in [1.54, 1.807) is 7.11 Å². The Morgan fingerprint density at radius 3 is 2.53 bits per heavy atom. The molecule has 1 aromatic carbocycles. The number of benzene rings is 1. The van der Waals surface area contributed by atoms with Crippen LogP contribution >= 0.6 is 45.2 Å². The van der Waals surface area contributed by atoms with Gasteiger partial charge in [0.05, 0.1) is 13.2 Å². The van der Waals surface area contributed by atoms with Gasteiger partial charge in [0.1, 0.15) is 5.75 Å². The Morgan fingerprint density at radius 2 is 2.07 bits per heavy atom. The van der Waals surface area contributed by atoms with E-state index >= 15 is 0 Å². The molecule has 0 spiro atoms. The first-order valence-electron chi connectivity index (χ1n) is 4.41. The number of rotatable bonds is 4. The van der Waals surface area contributed by atoms with Gasteiger partial charge in [-0.15, -0.1) is 0 Å². The monoisotopic (exact) mass is 430 g/mol. The van der Waals surface area contributed by atoms with Crippen LogP contribution in [0.2, 0.25) is 0 Å². The lowest BCUT2D eigenvalue weighted by atomic mass is 10.1. The quantitative estimate of drug-likeness (QED) is 0.586. The molecular weight excluding hydrogens is 418 g/mol. The Hall–Kier alpha value is 0.180. The molecule has 0 radical (unpaired) electrons. The van der Waals surface area contributed by atoms with Crippen molar-refractivity contribution in [2.75, 3.05) is 11.5 Å². The average Bonchev–Trinajstić information content (AvgIpc) is 2.29. The highest BCUT2D eigenvalue weighted by Gasteiger charge is 2.04. The topological polar surface area (TPSA) is 29.5 Å². The van der Waals surface area contributed by atoms with E-state index in [-0.39, 0.29) is 0 Å². The number of aliphatic hydroxyl groups is 1. The van der Waals surface area contributed by atoms with Gasteiger partial charge in [-0.3, -0.25) is 0 Å². The maximum absolute atomic E-state index is 9.86. The SMILES string of the molecule is COc1ccc(C(O)/C=C(\I)CI)cc1. The van der Waals surface area contributed by atoms with Gasteiger partial charge in [0.15, 0.2) is 0 Å². The van der Waals surface area contributed by atoms with Gasteiger partial charge < -0.3 is 9.84 Å². The van der Waals surface area contributed by atoms with Crippen LogP contribution in [0.3, 0.4) is 0 Å². The van der Waals surface area contributed by atoms with Crippen LogP contribution < -0.4 is 4.74 Å². The molecule has 0 aliphatic heterocycles. The van der Waals surface area contributed by atoms with E-state index in [2.05, 4.69) is 45.2 Å². The fraction of sp³-hybridized carbons (Fsp3) is 0.273. The minimum atomic E-state index is -0.530. The maximum atomic E-state index is 9.86. The summed E-state index contributed by atoms with van der Waals surface area (Å²) in [5.41, 5.74) is 0.884. The van der Waals surface area contributed by atoms with Crippen molar-refractivity contribution in [3.8, 4) is 5.75 Å². The van der Waals surface area contributed by atoms with Crippen LogP contribution in [0, 0.1) is 0 Å². The molecule has 82 valence electrons. The Kier molecular flexibility index (Phi) is 5.91. The van der Waals surface area contributed by atoms with E-state index in [1.807, 2.05) is 30.3 Å². The third-order valence-corrected chi connectivity index (χ3v) is 4.95. The lowest BCUT2D eigenvalue weighted by Crippen LogP contribution is -1.94. The van der Waals surface area contributed by atoms with E-state index in [0.717, 1.165) is 19.3 Å². The summed E-state index contributed by atoms with van der Waals surface area (Å²) in [5.74, 6) is 0.804. The lowest BCUT2D eigenvalue weighted by Gasteiger charge is -2.07. The number of hydrogen-bond donors (Lipinski definition) is 1. The number of alkyl halides is 1. The minimum absolute atomic E-state index is 0.530. The Morgan fingerprint density at radius 1 is 1.47 bits per heavy atom. The number of ether oxygens (including phenoxy) is 1. The summed E-state index contributed by atoms with van der Waals surface area (Å²) in [6.07, 6.45) is 1.33.